The average Bonchev–Trinajstić information content (AvgIpc) is 2.96. The van der Waals surface area contributed by atoms with E-state index in [-0.39, 0.29) is 6.42 Å². The maximum absolute atomic E-state index is 10.5. The van der Waals surface area contributed by atoms with Gasteiger partial charge in [0.05, 0.1) is 10.2 Å². The number of carboxylic acids is 1. The summed E-state index contributed by atoms with van der Waals surface area (Å²) in [5.41, 5.74) is 1.01. The third-order valence-corrected chi connectivity index (χ3v) is 4.66. The van der Waals surface area contributed by atoms with Gasteiger partial charge in [0.2, 0.25) is 0 Å². The first-order chi connectivity index (χ1) is 10.2. The van der Waals surface area contributed by atoms with Crippen LogP contribution in [0.25, 0.3) is 10.2 Å². The summed E-state index contributed by atoms with van der Waals surface area (Å²) < 4.78 is 1.15. The lowest BCUT2D eigenvalue weighted by Gasteiger charge is -2.35. The first kappa shape index (κ1) is 14.2. The molecule has 2 aromatic rings. The molecule has 3 heterocycles. The van der Waals surface area contributed by atoms with Crippen molar-refractivity contribution in [3.63, 3.8) is 0 Å². The number of carbonyl (C=O) groups is 1. The molecule has 1 aliphatic heterocycles. The van der Waals surface area contributed by atoms with Crippen molar-refractivity contribution in [2.24, 2.45) is 0 Å². The molecular weight excluding hydrogens is 288 g/mol. The molecule has 0 spiro atoms. The van der Waals surface area contributed by atoms with Crippen molar-refractivity contribution in [2.75, 3.05) is 37.6 Å². The summed E-state index contributed by atoms with van der Waals surface area (Å²) in [5.74, 6) is 0.315. The van der Waals surface area contributed by atoms with Crippen LogP contribution in [0.2, 0.25) is 0 Å². The third-order valence-electron chi connectivity index (χ3n) is 3.76. The van der Waals surface area contributed by atoms with Crippen molar-refractivity contribution < 1.29 is 9.90 Å². The minimum Gasteiger partial charge on any atom is -0.481 e. The van der Waals surface area contributed by atoms with Crippen LogP contribution in [-0.4, -0.2) is 58.7 Å². The Bertz CT molecular complexity index is 622. The summed E-state index contributed by atoms with van der Waals surface area (Å²) >= 11 is 1.68. The van der Waals surface area contributed by atoms with Crippen LogP contribution in [0.15, 0.2) is 17.8 Å². The van der Waals surface area contributed by atoms with Crippen LogP contribution in [0.4, 0.5) is 5.82 Å². The number of fused-ring (bicyclic) bond motifs is 1. The summed E-state index contributed by atoms with van der Waals surface area (Å²) in [6, 6.07) is 2.02. The highest BCUT2D eigenvalue weighted by atomic mass is 32.1. The molecule has 0 saturated carbocycles. The third kappa shape index (κ3) is 3.30. The van der Waals surface area contributed by atoms with Gasteiger partial charge in [-0.2, -0.15) is 0 Å². The van der Waals surface area contributed by atoms with Crippen molar-refractivity contribution in [3.05, 3.63) is 17.8 Å². The maximum atomic E-state index is 10.5. The summed E-state index contributed by atoms with van der Waals surface area (Å²) in [6.45, 7) is 4.62. The molecule has 1 aliphatic rings. The van der Waals surface area contributed by atoms with E-state index in [1.54, 1.807) is 17.7 Å². The SMILES string of the molecule is O=C(O)CCCN1CCN(c2ncnc3ccsc23)CC1. The van der Waals surface area contributed by atoms with E-state index in [9.17, 15) is 4.79 Å². The number of aromatic nitrogens is 2. The standard InChI is InChI=1S/C14H18N4O2S/c19-12(20)2-1-4-17-5-7-18(8-6-17)14-13-11(3-9-21-13)15-10-16-14/h3,9-10H,1-2,4-8H2,(H,19,20). The van der Waals surface area contributed by atoms with E-state index >= 15 is 0 Å². The molecular formula is C14H18N4O2S. The number of hydrogen-bond acceptors (Lipinski definition) is 6. The zero-order valence-corrected chi connectivity index (χ0v) is 12.6. The fourth-order valence-corrected chi connectivity index (χ4v) is 3.50. The van der Waals surface area contributed by atoms with Crippen molar-refractivity contribution in [1.82, 2.24) is 14.9 Å². The zero-order chi connectivity index (χ0) is 14.7. The number of thiophene rings is 1. The Morgan fingerprint density at radius 2 is 2.10 bits per heavy atom. The molecule has 0 bridgehead atoms. The van der Waals surface area contributed by atoms with Crippen molar-refractivity contribution >= 4 is 33.3 Å². The lowest BCUT2D eigenvalue weighted by atomic mass is 10.2. The van der Waals surface area contributed by atoms with E-state index in [0.29, 0.717) is 0 Å². The second kappa shape index (κ2) is 6.36. The quantitative estimate of drug-likeness (QED) is 0.906. The molecule has 7 heteroatoms. The Balaban J connectivity index is 1.58. The Hall–Kier alpha value is -1.73. The van der Waals surface area contributed by atoms with Gasteiger partial charge in [0.25, 0.3) is 0 Å². The Kier molecular flexibility index (Phi) is 4.31. The van der Waals surface area contributed by atoms with Crippen LogP contribution < -0.4 is 4.90 Å². The van der Waals surface area contributed by atoms with E-state index in [1.807, 2.05) is 11.4 Å². The number of aliphatic carboxylic acids is 1. The Morgan fingerprint density at radius 1 is 1.29 bits per heavy atom. The van der Waals surface area contributed by atoms with Gasteiger partial charge in [-0.25, -0.2) is 9.97 Å². The predicted molar refractivity (Wildman–Crippen MR) is 82.9 cm³/mol. The van der Waals surface area contributed by atoms with E-state index in [0.717, 1.165) is 55.2 Å². The predicted octanol–water partition coefficient (Wildman–Crippen LogP) is 1.68. The number of carboxylic acid groups (broad SMARTS) is 1. The molecule has 6 nitrogen and oxygen atoms in total. The fourth-order valence-electron chi connectivity index (χ4n) is 2.64. The van der Waals surface area contributed by atoms with Gasteiger partial charge < -0.3 is 10.0 Å². The van der Waals surface area contributed by atoms with Crippen LogP contribution in [0.5, 0.6) is 0 Å². The minimum absolute atomic E-state index is 0.252. The van der Waals surface area contributed by atoms with Crippen molar-refractivity contribution in [2.45, 2.75) is 12.8 Å². The molecule has 0 aromatic carbocycles. The molecule has 0 atom stereocenters. The second-order valence-corrected chi connectivity index (χ2v) is 6.07. The molecule has 0 unspecified atom stereocenters. The van der Waals surface area contributed by atoms with Gasteiger partial charge in [-0.05, 0) is 24.4 Å². The molecule has 21 heavy (non-hydrogen) atoms. The van der Waals surface area contributed by atoms with Gasteiger partial charge in [-0.3, -0.25) is 9.69 Å². The van der Waals surface area contributed by atoms with Crippen LogP contribution in [-0.2, 0) is 4.79 Å². The zero-order valence-electron chi connectivity index (χ0n) is 11.7. The van der Waals surface area contributed by atoms with Crippen LogP contribution >= 0.6 is 11.3 Å². The van der Waals surface area contributed by atoms with Gasteiger partial charge in [-0.1, -0.05) is 0 Å². The summed E-state index contributed by atoms with van der Waals surface area (Å²) in [5, 5.41) is 10.7. The Labute approximate surface area is 127 Å². The van der Waals surface area contributed by atoms with Crippen LogP contribution in [0.1, 0.15) is 12.8 Å². The first-order valence-corrected chi connectivity index (χ1v) is 7.99. The minimum atomic E-state index is -0.713. The molecule has 1 fully saturated rings. The van der Waals surface area contributed by atoms with Crippen LogP contribution in [0, 0.1) is 0 Å². The van der Waals surface area contributed by atoms with E-state index in [1.165, 1.54) is 0 Å². The van der Waals surface area contributed by atoms with Gasteiger partial charge in [-0.15, -0.1) is 11.3 Å². The lowest BCUT2D eigenvalue weighted by molar-refractivity contribution is -0.137. The summed E-state index contributed by atoms with van der Waals surface area (Å²) in [6.07, 6.45) is 2.60. The number of piperazine rings is 1. The van der Waals surface area contributed by atoms with Gasteiger partial charge in [0, 0.05) is 32.6 Å². The Morgan fingerprint density at radius 3 is 2.86 bits per heavy atom. The molecule has 112 valence electrons. The highest BCUT2D eigenvalue weighted by Gasteiger charge is 2.20. The van der Waals surface area contributed by atoms with Gasteiger partial charge in [0.15, 0.2) is 0 Å². The highest BCUT2D eigenvalue weighted by molar-refractivity contribution is 7.17. The number of hydrogen-bond donors (Lipinski definition) is 1. The average molecular weight is 306 g/mol. The molecule has 0 amide bonds. The molecule has 1 N–H and O–H groups in total. The van der Waals surface area contributed by atoms with Gasteiger partial charge >= 0.3 is 5.97 Å². The lowest BCUT2D eigenvalue weighted by Crippen LogP contribution is -2.47. The highest BCUT2D eigenvalue weighted by Crippen LogP contribution is 2.28. The van der Waals surface area contributed by atoms with Crippen molar-refractivity contribution in [3.8, 4) is 0 Å². The molecule has 3 rings (SSSR count). The van der Waals surface area contributed by atoms with E-state index in [2.05, 4.69) is 19.8 Å². The van der Waals surface area contributed by atoms with E-state index < -0.39 is 5.97 Å². The maximum Gasteiger partial charge on any atom is 0.303 e. The molecule has 0 radical (unpaired) electrons. The van der Waals surface area contributed by atoms with Crippen molar-refractivity contribution in [1.29, 1.82) is 0 Å². The normalized spacial score (nSPS) is 16.5. The van der Waals surface area contributed by atoms with Gasteiger partial charge in [0.1, 0.15) is 12.1 Å². The molecule has 1 saturated heterocycles. The fraction of sp³-hybridized carbons (Fsp3) is 0.500. The number of anilines is 1. The van der Waals surface area contributed by atoms with E-state index in [4.69, 9.17) is 5.11 Å². The molecule has 0 aliphatic carbocycles. The smallest absolute Gasteiger partial charge is 0.303 e. The summed E-state index contributed by atoms with van der Waals surface area (Å²) in [4.78, 5) is 23.9. The van der Waals surface area contributed by atoms with Crippen LogP contribution in [0.3, 0.4) is 0 Å². The summed E-state index contributed by atoms with van der Waals surface area (Å²) in [7, 11) is 0. The second-order valence-electron chi connectivity index (χ2n) is 5.16. The largest absolute Gasteiger partial charge is 0.481 e. The monoisotopic (exact) mass is 306 g/mol. The topological polar surface area (TPSA) is 69.6 Å². The number of rotatable bonds is 5. The number of nitrogens with zero attached hydrogens (tertiary/aromatic N) is 4. The molecule has 2 aromatic heterocycles. The first-order valence-electron chi connectivity index (χ1n) is 7.11.